The highest BCUT2D eigenvalue weighted by Crippen LogP contribution is 2.17. The second kappa shape index (κ2) is 6.12. The summed E-state index contributed by atoms with van der Waals surface area (Å²) in [5.74, 6) is -0.813. The highest BCUT2D eigenvalue weighted by molar-refractivity contribution is 7.15. The van der Waals surface area contributed by atoms with Gasteiger partial charge >= 0.3 is 5.97 Å². The van der Waals surface area contributed by atoms with Gasteiger partial charge in [0.05, 0.1) is 18.4 Å². The van der Waals surface area contributed by atoms with Crippen molar-refractivity contribution in [3.63, 3.8) is 0 Å². The van der Waals surface area contributed by atoms with Crippen molar-refractivity contribution in [1.82, 2.24) is 9.88 Å². The molecule has 0 aliphatic heterocycles. The van der Waals surface area contributed by atoms with E-state index in [0.717, 1.165) is 11.3 Å². The summed E-state index contributed by atoms with van der Waals surface area (Å²) in [4.78, 5) is 29.1. The molecule has 1 rings (SSSR count). The van der Waals surface area contributed by atoms with E-state index < -0.39 is 11.6 Å². The molecule has 0 aliphatic rings. The zero-order chi connectivity index (χ0) is 14.6. The summed E-state index contributed by atoms with van der Waals surface area (Å²) in [7, 11) is 1.59. The maximum Gasteiger partial charge on any atom is 0.367 e. The minimum Gasteiger partial charge on any atom is -0.461 e. The first kappa shape index (κ1) is 15.6. The molecule has 0 bridgehead atoms. The Labute approximate surface area is 116 Å². The van der Waals surface area contributed by atoms with Crippen LogP contribution in [0.2, 0.25) is 0 Å². The molecule has 1 heterocycles. The van der Waals surface area contributed by atoms with Gasteiger partial charge in [0.2, 0.25) is 5.01 Å². The molecule has 1 aromatic rings. The Morgan fingerprint density at radius 2 is 2.16 bits per heavy atom. The standard InChI is InChI=1S/C12H18N2O4S/c1-5-18-11(16)9-13-6-8(19-9)10(15)14(4)7-12(2,3)17/h6,17H,5,7H2,1-4H3. The number of thiazole rings is 1. The number of amides is 1. The van der Waals surface area contributed by atoms with Crippen molar-refractivity contribution < 1.29 is 19.4 Å². The van der Waals surface area contributed by atoms with Crippen LogP contribution < -0.4 is 0 Å². The molecule has 0 atom stereocenters. The lowest BCUT2D eigenvalue weighted by Crippen LogP contribution is -2.39. The molecule has 106 valence electrons. The average Bonchev–Trinajstić information content (AvgIpc) is 2.75. The normalized spacial score (nSPS) is 11.2. The van der Waals surface area contributed by atoms with Crippen LogP contribution >= 0.6 is 11.3 Å². The Hall–Kier alpha value is -1.47. The summed E-state index contributed by atoms with van der Waals surface area (Å²) in [6, 6.07) is 0. The lowest BCUT2D eigenvalue weighted by atomic mass is 10.1. The van der Waals surface area contributed by atoms with Crippen molar-refractivity contribution in [2.45, 2.75) is 26.4 Å². The molecule has 0 spiro atoms. The molecule has 0 aliphatic carbocycles. The van der Waals surface area contributed by atoms with Crippen LogP contribution in [-0.4, -0.2) is 52.7 Å². The summed E-state index contributed by atoms with van der Waals surface area (Å²) in [5, 5.41) is 9.82. The van der Waals surface area contributed by atoms with Crippen LogP contribution in [0.15, 0.2) is 6.20 Å². The van der Waals surface area contributed by atoms with Crippen molar-refractivity contribution in [3.05, 3.63) is 16.1 Å². The number of carbonyl (C=O) groups excluding carboxylic acids is 2. The minimum absolute atomic E-state index is 0.154. The van der Waals surface area contributed by atoms with Gasteiger partial charge < -0.3 is 14.7 Å². The summed E-state index contributed by atoms with van der Waals surface area (Å²) < 4.78 is 4.81. The predicted molar refractivity (Wildman–Crippen MR) is 71.3 cm³/mol. The molecule has 0 saturated carbocycles. The van der Waals surface area contributed by atoms with Gasteiger partial charge in [0.1, 0.15) is 4.88 Å². The second-order valence-electron chi connectivity index (χ2n) is 4.72. The number of aliphatic hydroxyl groups is 1. The number of rotatable bonds is 5. The number of likely N-dealkylation sites (N-methyl/N-ethyl adjacent to an activating group) is 1. The highest BCUT2D eigenvalue weighted by atomic mass is 32.1. The number of hydrogen-bond acceptors (Lipinski definition) is 6. The van der Waals surface area contributed by atoms with E-state index in [1.807, 2.05) is 0 Å². The maximum atomic E-state index is 12.0. The van der Waals surface area contributed by atoms with Crippen LogP contribution in [0, 0.1) is 0 Å². The van der Waals surface area contributed by atoms with Crippen molar-refractivity contribution in [2.24, 2.45) is 0 Å². The predicted octanol–water partition coefficient (Wildman–Crippen LogP) is 1.16. The summed E-state index contributed by atoms with van der Waals surface area (Å²) >= 11 is 0.985. The number of aromatic nitrogens is 1. The molecule has 7 heteroatoms. The lowest BCUT2D eigenvalue weighted by molar-refractivity contribution is 0.0370. The molecule has 19 heavy (non-hydrogen) atoms. The van der Waals surface area contributed by atoms with Crippen LogP contribution in [0.25, 0.3) is 0 Å². The Morgan fingerprint density at radius 1 is 1.53 bits per heavy atom. The number of ether oxygens (including phenoxy) is 1. The topological polar surface area (TPSA) is 79.7 Å². The number of hydrogen-bond donors (Lipinski definition) is 1. The van der Waals surface area contributed by atoms with Crippen LogP contribution in [0.3, 0.4) is 0 Å². The van der Waals surface area contributed by atoms with Gasteiger partial charge in [0.25, 0.3) is 5.91 Å². The summed E-state index contributed by atoms with van der Waals surface area (Å²) in [6.07, 6.45) is 1.35. The zero-order valence-corrected chi connectivity index (χ0v) is 12.3. The van der Waals surface area contributed by atoms with Crippen LogP contribution in [0.4, 0.5) is 0 Å². The quantitative estimate of drug-likeness (QED) is 0.822. The number of nitrogens with zero attached hydrogens (tertiary/aromatic N) is 2. The fraction of sp³-hybridized carbons (Fsp3) is 0.583. The van der Waals surface area contributed by atoms with E-state index in [1.54, 1.807) is 27.8 Å². The first-order valence-corrected chi connectivity index (χ1v) is 6.67. The summed E-state index contributed by atoms with van der Waals surface area (Å²) in [5.41, 5.74) is -0.973. The lowest BCUT2D eigenvalue weighted by Gasteiger charge is -2.24. The van der Waals surface area contributed by atoms with Crippen molar-refractivity contribution in [1.29, 1.82) is 0 Å². The number of esters is 1. The Bertz CT molecular complexity index is 465. The molecule has 1 N–H and O–H groups in total. The molecule has 1 aromatic heterocycles. The summed E-state index contributed by atoms with van der Waals surface area (Å²) in [6.45, 7) is 5.40. The third kappa shape index (κ3) is 4.60. The first-order valence-electron chi connectivity index (χ1n) is 5.85. The van der Waals surface area contributed by atoms with E-state index in [-0.39, 0.29) is 24.1 Å². The first-order chi connectivity index (χ1) is 8.74. The number of carbonyl (C=O) groups is 2. The van der Waals surface area contributed by atoms with Gasteiger partial charge in [-0.05, 0) is 20.8 Å². The highest BCUT2D eigenvalue weighted by Gasteiger charge is 2.23. The average molecular weight is 286 g/mol. The van der Waals surface area contributed by atoms with Gasteiger partial charge in [0.15, 0.2) is 0 Å². The minimum atomic E-state index is -0.973. The molecule has 1 amide bonds. The maximum absolute atomic E-state index is 12.0. The van der Waals surface area contributed by atoms with E-state index >= 15 is 0 Å². The van der Waals surface area contributed by atoms with E-state index in [1.165, 1.54) is 11.1 Å². The molecule has 0 aromatic carbocycles. The van der Waals surface area contributed by atoms with E-state index in [4.69, 9.17) is 4.74 Å². The van der Waals surface area contributed by atoms with Crippen molar-refractivity contribution >= 4 is 23.2 Å². The third-order valence-corrected chi connectivity index (χ3v) is 3.10. The fourth-order valence-electron chi connectivity index (χ4n) is 1.50. The Balaban J connectivity index is 2.76. The molecule has 0 fully saturated rings. The van der Waals surface area contributed by atoms with Crippen LogP contribution in [0.1, 0.15) is 40.2 Å². The molecule has 0 saturated heterocycles. The van der Waals surface area contributed by atoms with E-state index in [2.05, 4.69) is 4.98 Å². The SMILES string of the molecule is CCOC(=O)c1ncc(C(=O)N(C)CC(C)(C)O)s1. The van der Waals surface area contributed by atoms with Gasteiger partial charge in [-0.1, -0.05) is 0 Å². The monoisotopic (exact) mass is 286 g/mol. The van der Waals surface area contributed by atoms with E-state index in [9.17, 15) is 14.7 Å². The second-order valence-corrected chi connectivity index (χ2v) is 5.75. The van der Waals surface area contributed by atoms with E-state index in [0.29, 0.717) is 4.88 Å². The fourth-order valence-corrected chi connectivity index (χ4v) is 2.31. The Morgan fingerprint density at radius 3 is 2.68 bits per heavy atom. The van der Waals surface area contributed by atoms with Gasteiger partial charge in [0, 0.05) is 13.6 Å². The van der Waals surface area contributed by atoms with Gasteiger partial charge in [-0.25, -0.2) is 9.78 Å². The molecular weight excluding hydrogens is 268 g/mol. The smallest absolute Gasteiger partial charge is 0.367 e. The zero-order valence-electron chi connectivity index (χ0n) is 11.5. The third-order valence-electron chi connectivity index (χ3n) is 2.14. The van der Waals surface area contributed by atoms with Crippen molar-refractivity contribution in [2.75, 3.05) is 20.2 Å². The molecular formula is C12H18N2O4S. The van der Waals surface area contributed by atoms with Gasteiger partial charge in [-0.2, -0.15) is 0 Å². The molecule has 0 unspecified atom stereocenters. The van der Waals surface area contributed by atoms with Gasteiger partial charge in [-0.3, -0.25) is 4.79 Å². The molecule has 0 radical (unpaired) electrons. The van der Waals surface area contributed by atoms with Gasteiger partial charge in [-0.15, -0.1) is 11.3 Å². The largest absolute Gasteiger partial charge is 0.461 e. The van der Waals surface area contributed by atoms with Crippen LogP contribution in [-0.2, 0) is 4.74 Å². The van der Waals surface area contributed by atoms with Crippen molar-refractivity contribution in [3.8, 4) is 0 Å². The Kier molecular flexibility index (Phi) is 5.02. The van der Waals surface area contributed by atoms with Crippen LogP contribution in [0.5, 0.6) is 0 Å². The molecule has 6 nitrogen and oxygen atoms in total.